The van der Waals surface area contributed by atoms with E-state index in [-0.39, 0.29) is 5.75 Å². The number of fused-ring (bicyclic) bond motifs is 1. The zero-order valence-electron chi connectivity index (χ0n) is 7.66. The van der Waals surface area contributed by atoms with E-state index in [0.29, 0.717) is 11.3 Å². The number of hydrogen-bond donors (Lipinski definition) is 1. The molecule has 0 bridgehead atoms. The predicted molar refractivity (Wildman–Crippen MR) is 60.3 cm³/mol. The second kappa shape index (κ2) is 3.61. The van der Waals surface area contributed by atoms with Gasteiger partial charge in [-0.2, -0.15) is 0 Å². The number of carbonyl (C=O) groups excluding carboxylic acids is 1. The molecule has 1 aromatic carbocycles. The summed E-state index contributed by atoms with van der Waals surface area (Å²) in [5, 5.41) is 2.57. The molecule has 1 N–H and O–H groups in total. The van der Waals surface area contributed by atoms with Crippen LogP contribution in [0.4, 0.5) is 5.69 Å². The number of carbonyl (C=O) groups is 1. The number of anilines is 1. The minimum atomic E-state index is -3.32. The summed E-state index contributed by atoms with van der Waals surface area (Å²) in [5.41, 5.74) is 1.19. The maximum atomic E-state index is 11.5. The summed E-state index contributed by atoms with van der Waals surface area (Å²) in [6.45, 7) is 0. The van der Waals surface area contributed by atoms with Crippen LogP contribution in [0.3, 0.4) is 0 Å². The average Bonchev–Trinajstić information content (AvgIpc) is 2.18. The standard InChI is InChI=1S/C9H8BrNO3S/c10-7-2-1-6-4-15(13,14)5-9(12)11-8(6)3-7/h1-3H,4-5H2,(H,11,12). The van der Waals surface area contributed by atoms with E-state index in [1.807, 2.05) is 0 Å². The van der Waals surface area contributed by atoms with E-state index in [0.717, 1.165) is 4.47 Å². The summed E-state index contributed by atoms with van der Waals surface area (Å²) in [7, 11) is -3.32. The van der Waals surface area contributed by atoms with Gasteiger partial charge in [-0.05, 0) is 17.7 Å². The molecule has 0 fully saturated rings. The van der Waals surface area contributed by atoms with Crippen LogP contribution in [-0.4, -0.2) is 20.1 Å². The molecule has 1 heterocycles. The van der Waals surface area contributed by atoms with Gasteiger partial charge in [0, 0.05) is 10.2 Å². The number of benzene rings is 1. The minimum absolute atomic E-state index is 0.0889. The van der Waals surface area contributed by atoms with Crippen molar-refractivity contribution in [2.45, 2.75) is 5.75 Å². The lowest BCUT2D eigenvalue weighted by Crippen LogP contribution is -2.19. The van der Waals surface area contributed by atoms with Gasteiger partial charge in [0.05, 0.1) is 5.75 Å². The Kier molecular flexibility index (Phi) is 2.56. The van der Waals surface area contributed by atoms with Gasteiger partial charge >= 0.3 is 0 Å². The fourth-order valence-electron chi connectivity index (χ4n) is 1.46. The molecule has 0 aromatic heterocycles. The first-order chi connectivity index (χ1) is 6.96. The number of rotatable bonds is 0. The smallest absolute Gasteiger partial charge is 0.239 e. The van der Waals surface area contributed by atoms with Crippen molar-refractivity contribution >= 4 is 37.4 Å². The number of nitrogens with one attached hydrogen (secondary N) is 1. The molecule has 80 valence electrons. The lowest BCUT2D eigenvalue weighted by Gasteiger charge is -2.05. The number of halogens is 1. The molecule has 1 aliphatic rings. The third kappa shape index (κ3) is 2.38. The molecule has 1 amide bonds. The highest BCUT2D eigenvalue weighted by molar-refractivity contribution is 9.10. The van der Waals surface area contributed by atoms with Gasteiger partial charge in [-0.1, -0.05) is 22.0 Å². The molecule has 0 aliphatic carbocycles. The highest BCUT2D eigenvalue weighted by Gasteiger charge is 2.23. The molecule has 0 spiro atoms. The average molecular weight is 290 g/mol. The van der Waals surface area contributed by atoms with Crippen LogP contribution in [0.25, 0.3) is 0 Å². The van der Waals surface area contributed by atoms with Crippen molar-refractivity contribution in [3.63, 3.8) is 0 Å². The quantitative estimate of drug-likeness (QED) is 0.783. The van der Waals surface area contributed by atoms with E-state index in [9.17, 15) is 13.2 Å². The summed E-state index contributed by atoms with van der Waals surface area (Å²) in [6.07, 6.45) is 0. The largest absolute Gasteiger partial charge is 0.325 e. The third-order valence-corrected chi connectivity index (χ3v) is 4.02. The lowest BCUT2D eigenvalue weighted by atomic mass is 10.2. The Hall–Kier alpha value is -0.880. The number of sulfone groups is 1. The molecule has 0 atom stereocenters. The van der Waals surface area contributed by atoms with Crippen LogP contribution in [0.2, 0.25) is 0 Å². The number of hydrogen-bond acceptors (Lipinski definition) is 3. The van der Waals surface area contributed by atoms with Gasteiger partial charge < -0.3 is 5.32 Å². The molecular weight excluding hydrogens is 282 g/mol. The van der Waals surface area contributed by atoms with Crippen molar-refractivity contribution in [2.24, 2.45) is 0 Å². The van der Waals surface area contributed by atoms with Crippen LogP contribution in [0.1, 0.15) is 5.56 Å². The first kappa shape index (κ1) is 10.6. The van der Waals surface area contributed by atoms with E-state index < -0.39 is 21.5 Å². The molecule has 15 heavy (non-hydrogen) atoms. The minimum Gasteiger partial charge on any atom is -0.325 e. The summed E-state index contributed by atoms with van der Waals surface area (Å²) >= 11 is 3.26. The molecule has 1 aromatic rings. The Morgan fingerprint density at radius 3 is 2.73 bits per heavy atom. The summed E-state index contributed by atoms with van der Waals surface area (Å²) in [5.74, 6) is -1.01. The Morgan fingerprint density at radius 1 is 1.27 bits per heavy atom. The molecule has 0 radical (unpaired) electrons. The molecule has 2 rings (SSSR count). The van der Waals surface area contributed by atoms with Crippen LogP contribution in [0, 0.1) is 0 Å². The lowest BCUT2D eigenvalue weighted by molar-refractivity contribution is -0.113. The molecular formula is C9H8BrNO3S. The fraction of sp³-hybridized carbons (Fsp3) is 0.222. The van der Waals surface area contributed by atoms with Crippen LogP contribution < -0.4 is 5.32 Å². The van der Waals surface area contributed by atoms with Crippen molar-refractivity contribution in [3.05, 3.63) is 28.2 Å². The highest BCUT2D eigenvalue weighted by atomic mass is 79.9. The SMILES string of the molecule is O=C1CS(=O)(=O)Cc2ccc(Br)cc2N1. The van der Waals surface area contributed by atoms with Gasteiger partial charge in [-0.25, -0.2) is 8.42 Å². The van der Waals surface area contributed by atoms with Gasteiger partial charge in [0.25, 0.3) is 0 Å². The molecule has 0 unspecified atom stereocenters. The van der Waals surface area contributed by atoms with E-state index in [1.54, 1.807) is 18.2 Å². The second-order valence-corrected chi connectivity index (χ2v) is 6.36. The Bertz CT molecular complexity index is 524. The van der Waals surface area contributed by atoms with Gasteiger partial charge in [-0.15, -0.1) is 0 Å². The zero-order valence-corrected chi connectivity index (χ0v) is 10.1. The van der Waals surface area contributed by atoms with Crippen molar-refractivity contribution < 1.29 is 13.2 Å². The number of amides is 1. The topological polar surface area (TPSA) is 63.2 Å². The highest BCUT2D eigenvalue weighted by Crippen LogP contribution is 2.25. The summed E-state index contributed by atoms with van der Waals surface area (Å²) in [6, 6.07) is 5.16. The summed E-state index contributed by atoms with van der Waals surface area (Å²) < 4.78 is 23.7. The van der Waals surface area contributed by atoms with Gasteiger partial charge in [-0.3, -0.25) is 4.79 Å². The maximum absolute atomic E-state index is 11.5. The van der Waals surface area contributed by atoms with Crippen LogP contribution in [-0.2, 0) is 20.4 Å². The van der Waals surface area contributed by atoms with Crippen LogP contribution in [0.5, 0.6) is 0 Å². The van der Waals surface area contributed by atoms with E-state index in [1.165, 1.54) is 0 Å². The summed E-state index contributed by atoms with van der Waals surface area (Å²) in [4.78, 5) is 11.3. The van der Waals surface area contributed by atoms with Crippen molar-refractivity contribution in [1.82, 2.24) is 0 Å². The molecule has 4 nitrogen and oxygen atoms in total. The van der Waals surface area contributed by atoms with E-state index >= 15 is 0 Å². The Labute approximate surface area is 95.7 Å². The molecule has 0 saturated heterocycles. The van der Waals surface area contributed by atoms with E-state index in [4.69, 9.17) is 0 Å². The molecule has 6 heteroatoms. The van der Waals surface area contributed by atoms with Crippen molar-refractivity contribution in [2.75, 3.05) is 11.1 Å². The Balaban J connectivity index is 2.54. The molecule has 0 saturated carbocycles. The van der Waals surface area contributed by atoms with Gasteiger partial charge in [0.15, 0.2) is 9.84 Å². The fourth-order valence-corrected chi connectivity index (χ4v) is 3.13. The van der Waals surface area contributed by atoms with Crippen molar-refractivity contribution in [1.29, 1.82) is 0 Å². The second-order valence-electron chi connectivity index (χ2n) is 3.38. The van der Waals surface area contributed by atoms with Crippen LogP contribution >= 0.6 is 15.9 Å². The van der Waals surface area contributed by atoms with Gasteiger partial charge in [0.1, 0.15) is 5.75 Å². The normalized spacial score (nSPS) is 18.9. The van der Waals surface area contributed by atoms with Gasteiger partial charge in [0.2, 0.25) is 5.91 Å². The first-order valence-corrected chi connectivity index (χ1v) is 6.86. The Morgan fingerprint density at radius 2 is 2.00 bits per heavy atom. The van der Waals surface area contributed by atoms with Crippen LogP contribution in [0.15, 0.2) is 22.7 Å². The monoisotopic (exact) mass is 289 g/mol. The maximum Gasteiger partial charge on any atom is 0.239 e. The first-order valence-electron chi connectivity index (χ1n) is 4.25. The predicted octanol–water partition coefficient (Wildman–Crippen LogP) is 1.32. The van der Waals surface area contributed by atoms with E-state index in [2.05, 4.69) is 21.2 Å². The van der Waals surface area contributed by atoms with Crippen molar-refractivity contribution in [3.8, 4) is 0 Å². The zero-order chi connectivity index (χ0) is 11.1. The third-order valence-electron chi connectivity index (χ3n) is 2.07. The molecule has 1 aliphatic heterocycles.